The van der Waals surface area contributed by atoms with Gasteiger partial charge in [0.1, 0.15) is 5.75 Å². The fraction of sp³-hybridized carbons (Fsp3) is 0.0769. The first-order chi connectivity index (χ1) is 15.2. The topological polar surface area (TPSA) is 56.1 Å². The van der Waals surface area contributed by atoms with E-state index in [0.29, 0.717) is 12.1 Å². The molecule has 1 N–H and O–H groups in total. The molecular formula is C26H23N3O2. The van der Waals surface area contributed by atoms with Crippen molar-refractivity contribution in [2.45, 2.75) is 6.54 Å². The minimum absolute atomic E-state index is 0.137. The normalized spacial score (nSPS) is 11.2. The van der Waals surface area contributed by atoms with Crippen molar-refractivity contribution < 1.29 is 9.53 Å². The van der Waals surface area contributed by atoms with Crippen molar-refractivity contribution in [1.29, 1.82) is 0 Å². The first kappa shape index (κ1) is 20.2. The number of aromatic nitrogens is 2. The van der Waals surface area contributed by atoms with Crippen molar-refractivity contribution in [3.05, 3.63) is 114 Å². The van der Waals surface area contributed by atoms with Gasteiger partial charge in [-0.1, -0.05) is 60.7 Å². The summed E-state index contributed by atoms with van der Waals surface area (Å²) in [6.45, 7) is 0.403. The highest BCUT2D eigenvalue weighted by atomic mass is 16.5. The van der Waals surface area contributed by atoms with Crippen molar-refractivity contribution in [2.75, 3.05) is 7.11 Å². The van der Waals surface area contributed by atoms with E-state index in [0.717, 1.165) is 28.1 Å². The standard InChI is InChI=1S/C26H23N3O2/c1-31-23-13-11-20(12-14-23)17-24(21-7-3-2-4-8-21)26(30)28-18-22-9-5-6-10-25(22)29-16-15-27-19-29/h2-17,19H,18H2,1H3,(H,28,30)/b24-17+. The van der Waals surface area contributed by atoms with Gasteiger partial charge in [0.05, 0.1) is 19.1 Å². The Morgan fingerprint density at radius 2 is 1.74 bits per heavy atom. The SMILES string of the molecule is COc1ccc(/C=C(/C(=O)NCc2ccccc2-n2ccnc2)c2ccccc2)cc1. The Balaban J connectivity index is 1.59. The number of imidazole rings is 1. The third-order valence-electron chi connectivity index (χ3n) is 4.97. The highest BCUT2D eigenvalue weighted by Gasteiger charge is 2.13. The summed E-state index contributed by atoms with van der Waals surface area (Å²) in [5, 5.41) is 3.08. The summed E-state index contributed by atoms with van der Waals surface area (Å²) in [5.74, 6) is 0.640. The predicted molar refractivity (Wildman–Crippen MR) is 123 cm³/mol. The van der Waals surface area contributed by atoms with E-state index in [2.05, 4.69) is 10.3 Å². The average molecular weight is 409 g/mol. The molecule has 5 nitrogen and oxygen atoms in total. The minimum atomic E-state index is -0.137. The molecule has 0 spiro atoms. The molecule has 1 amide bonds. The fourth-order valence-corrected chi connectivity index (χ4v) is 3.35. The molecule has 0 aliphatic carbocycles. The summed E-state index contributed by atoms with van der Waals surface area (Å²) in [4.78, 5) is 17.3. The summed E-state index contributed by atoms with van der Waals surface area (Å²) in [6.07, 6.45) is 7.27. The fourth-order valence-electron chi connectivity index (χ4n) is 3.35. The van der Waals surface area contributed by atoms with Crippen LogP contribution in [0.25, 0.3) is 17.3 Å². The molecule has 3 aromatic carbocycles. The Morgan fingerprint density at radius 3 is 2.45 bits per heavy atom. The summed E-state index contributed by atoms with van der Waals surface area (Å²) in [6, 6.07) is 25.3. The number of hydrogen-bond acceptors (Lipinski definition) is 3. The van der Waals surface area contributed by atoms with Gasteiger partial charge in [0, 0.05) is 24.5 Å². The molecule has 0 aliphatic rings. The Labute approximate surface area is 181 Å². The van der Waals surface area contributed by atoms with E-state index < -0.39 is 0 Å². The molecular weight excluding hydrogens is 386 g/mol. The van der Waals surface area contributed by atoms with Gasteiger partial charge in [-0.2, -0.15) is 0 Å². The summed E-state index contributed by atoms with van der Waals surface area (Å²) >= 11 is 0. The van der Waals surface area contributed by atoms with Crippen molar-refractivity contribution in [2.24, 2.45) is 0 Å². The number of carbonyl (C=O) groups excluding carboxylic acids is 1. The number of amides is 1. The van der Waals surface area contributed by atoms with E-state index in [1.165, 1.54) is 0 Å². The molecule has 0 aliphatic heterocycles. The van der Waals surface area contributed by atoms with Crippen LogP contribution in [0.1, 0.15) is 16.7 Å². The second kappa shape index (κ2) is 9.59. The summed E-state index contributed by atoms with van der Waals surface area (Å²) in [7, 11) is 1.63. The van der Waals surface area contributed by atoms with Gasteiger partial charge in [-0.25, -0.2) is 4.98 Å². The number of benzene rings is 3. The van der Waals surface area contributed by atoms with E-state index in [-0.39, 0.29) is 5.91 Å². The maximum Gasteiger partial charge on any atom is 0.252 e. The maximum atomic E-state index is 13.2. The molecule has 1 aromatic heterocycles. The molecule has 31 heavy (non-hydrogen) atoms. The number of hydrogen-bond donors (Lipinski definition) is 1. The van der Waals surface area contributed by atoms with Crippen LogP contribution in [-0.4, -0.2) is 22.6 Å². The van der Waals surface area contributed by atoms with E-state index in [4.69, 9.17) is 4.74 Å². The van der Waals surface area contributed by atoms with Crippen LogP contribution in [0.4, 0.5) is 0 Å². The Kier molecular flexibility index (Phi) is 6.24. The molecule has 0 bridgehead atoms. The predicted octanol–water partition coefficient (Wildman–Crippen LogP) is 4.74. The lowest BCUT2D eigenvalue weighted by Crippen LogP contribution is -2.24. The largest absolute Gasteiger partial charge is 0.497 e. The number of carbonyl (C=O) groups is 1. The zero-order valence-corrected chi connectivity index (χ0v) is 17.2. The third-order valence-corrected chi connectivity index (χ3v) is 4.97. The first-order valence-electron chi connectivity index (χ1n) is 10.0. The van der Waals surface area contributed by atoms with Gasteiger partial charge in [0.25, 0.3) is 5.91 Å². The lowest BCUT2D eigenvalue weighted by molar-refractivity contribution is -0.115. The van der Waals surface area contributed by atoms with Crippen molar-refractivity contribution in [3.8, 4) is 11.4 Å². The molecule has 5 heteroatoms. The van der Waals surface area contributed by atoms with Crippen LogP contribution in [0.2, 0.25) is 0 Å². The molecule has 0 unspecified atom stereocenters. The van der Waals surface area contributed by atoms with Crippen LogP contribution < -0.4 is 10.1 Å². The first-order valence-corrected chi connectivity index (χ1v) is 10.0. The van der Waals surface area contributed by atoms with Crippen molar-refractivity contribution in [3.63, 3.8) is 0 Å². The third kappa shape index (κ3) is 4.90. The van der Waals surface area contributed by atoms with Crippen LogP contribution >= 0.6 is 0 Å². The lowest BCUT2D eigenvalue weighted by atomic mass is 10.0. The van der Waals surface area contributed by atoms with Gasteiger partial charge in [0.15, 0.2) is 0 Å². The smallest absolute Gasteiger partial charge is 0.252 e. The Bertz CT molecular complexity index is 1170. The van der Waals surface area contributed by atoms with Gasteiger partial charge >= 0.3 is 0 Å². The van der Waals surface area contributed by atoms with E-state index in [1.54, 1.807) is 19.6 Å². The molecule has 0 fully saturated rings. The second-order valence-electron chi connectivity index (χ2n) is 6.98. The maximum absolute atomic E-state index is 13.2. The van der Waals surface area contributed by atoms with Crippen LogP contribution in [0.15, 0.2) is 97.6 Å². The zero-order valence-electron chi connectivity index (χ0n) is 17.2. The van der Waals surface area contributed by atoms with E-state index in [1.807, 2.05) is 95.7 Å². The number of rotatable bonds is 7. The molecule has 4 rings (SSSR count). The quantitative estimate of drug-likeness (QED) is 0.354. The molecule has 4 aromatic rings. The lowest BCUT2D eigenvalue weighted by Gasteiger charge is -2.13. The average Bonchev–Trinajstić information content (AvgIpc) is 3.37. The van der Waals surface area contributed by atoms with Gasteiger partial charge in [-0.15, -0.1) is 0 Å². The highest BCUT2D eigenvalue weighted by Crippen LogP contribution is 2.21. The second-order valence-corrected chi connectivity index (χ2v) is 6.98. The van der Waals surface area contributed by atoms with Crippen LogP contribution in [0, 0.1) is 0 Å². The summed E-state index contributed by atoms with van der Waals surface area (Å²) in [5.41, 5.74) is 4.38. The monoisotopic (exact) mass is 409 g/mol. The van der Waals surface area contributed by atoms with Gasteiger partial charge in [-0.05, 0) is 41.0 Å². The van der Waals surface area contributed by atoms with Gasteiger partial charge < -0.3 is 14.6 Å². The van der Waals surface area contributed by atoms with Crippen molar-refractivity contribution >= 4 is 17.6 Å². The number of methoxy groups -OCH3 is 1. The Morgan fingerprint density at radius 1 is 1.00 bits per heavy atom. The molecule has 0 saturated carbocycles. The van der Waals surface area contributed by atoms with E-state index >= 15 is 0 Å². The van der Waals surface area contributed by atoms with Gasteiger partial charge in [-0.3, -0.25) is 4.79 Å². The number of nitrogens with one attached hydrogen (secondary N) is 1. The highest BCUT2D eigenvalue weighted by molar-refractivity contribution is 6.24. The van der Waals surface area contributed by atoms with Crippen LogP contribution in [0.3, 0.4) is 0 Å². The zero-order chi connectivity index (χ0) is 21.5. The molecule has 1 heterocycles. The van der Waals surface area contributed by atoms with Gasteiger partial charge in [0.2, 0.25) is 0 Å². The molecule has 0 saturated heterocycles. The van der Waals surface area contributed by atoms with E-state index in [9.17, 15) is 4.79 Å². The van der Waals surface area contributed by atoms with Crippen molar-refractivity contribution in [1.82, 2.24) is 14.9 Å². The van der Waals surface area contributed by atoms with Crippen LogP contribution in [-0.2, 0) is 11.3 Å². The van der Waals surface area contributed by atoms with Crippen LogP contribution in [0.5, 0.6) is 5.75 Å². The minimum Gasteiger partial charge on any atom is -0.497 e. The molecule has 0 atom stereocenters. The summed E-state index contributed by atoms with van der Waals surface area (Å²) < 4.78 is 7.17. The number of nitrogens with zero attached hydrogens (tertiary/aromatic N) is 2. The number of para-hydroxylation sites is 1. The Hall–Kier alpha value is -4.12. The number of ether oxygens (including phenoxy) is 1. The molecule has 154 valence electrons. The molecule has 0 radical (unpaired) electrons.